The lowest BCUT2D eigenvalue weighted by Crippen LogP contribution is -2.51. The lowest BCUT2D eigenvalue weighted by atomic mass is 10.3. The van der Waals surface area contributed by atoms with Gasteiger partial charge in [0.05, 0.1) is 19.8 Å². The molecular weight excluding hydrogens is 242 g/mol. The van der Waals surface area contributed by atoms with Crippen LogP contribution in [0, 0.1) is 0 Å². The fourth-order valence-corrected chi connectivity index (χ4v) is 0.989. The maximum Gasteiger partial charge on any atom is 0.328 e. The van der Waals surface area contributed by atoms with Gasteiger partial charge in [0.1, 0.15) is 0 Å². The van der Waals surface area contributed by atoms with Gasteiger partial charge in [0.25, 0.3) is 6.43 Å². The van der Waals surface area contributed by atoms with Gasteiger partial charge in [-0.15, -0.1) is 0 Å². The van der Waals surface area contributed by atoms with Gasteiger partial charge in [0.15, 0.2) is 6.04 Å². The molecule has 4 N–H and O–H groups in total. The molecule has 7 nitrogen and oxygen atoms in total. The smallest absolute Gasteiger partial charge is 0.328 e. The number of carboxylic acids is 1. The third-order valence-electron chi connectivity index (χ3n) is 1.79. The molecule has 0 aromatic heterocycles. The van der Waals surface area contributed by atoms with Crippen LogP contribution in [0.4, 0.5) is 13.6 Å². The number of hydrogen-bond donors (Lipinski definition) is 4. The predicted molar refractivity (Wildman–Crippen MR) is 51.7 cm³/mol. The maximum atomic E-state index is 12.1. The molecule has 0 aliphatic rings. The molecule has 0 unspecified atom stereocenters. The summed E-state index contributed by atoms with van der Waals surface area (Å²) in [6.07, 6.45) is -2.80. The second kappa shape index (κ2) is 7.74. The first-order chi connectivity index (χ1) is 7.92. The number of hydrogen-bond acceptors (Lipinski definition) is 4. The zero-order chi connectivity index (χ0) is 13.4. The van der Waals surface area contributed by atoms with Gasteiger partial charge < -0.3 is 25.5 Å². The van der Waals surface area contributed by atoms with Crippen LogP contribution in [-0.2, 0) is 4.79 Å². The van der Waals surface area contributed by atoms with Crippen molar-refractivity contribution in [3.05, 3.63) is 0 Å². The van der Waals surface area contributed by atoms with Crippen molar-refractivity contribution in [3.8, 4) is 0 Å². The van der Waals surface area contributed by atoms with Crippen molar-refractivity contribution in [1.29, 1.82) is 0 Å². The van der Waals surface area contributed by atoms with Gasteiger partial charge in [-0.05, 0) is 0 Å². The highest BCUT2D eigenvalue weighted by molar-refractivity contribution is 5.82. The van der Waals surface area contributed by atoms with Gasteiger partial charge in [-0.2, -0.15) is 0 Å². The Bertz CT molecular complexity index is 264. The first kappa shape index (κ1) is 15.5. The number of carboxylic acid groups (broad SMARTS) is 1. The number of alkyl halides is 2. The summed E-state index contributed by atoms with van der Waals surface area (Å²) in [4.78, 5) is 22.4. The van der Waals surface area contributed by atoms with Gasteiger partial charge in [0.2, 0.25) is 0 Å². The van der Waals surface area contributed by atoms with E-state index >= 15 is 0 Å². The molecule has 0 spiro atoms. The van der Waals surface area contributed by atoms with Gasteiger partial charge >= 0.3 is 12.0 Å². The van der Waals surface area contributed by atoms with Crippen LogP contribution >= 0.6 is 0 Å². The summed E-state index contributed by atoms with van der Waals surface area (Å²) in [6, 6.07) is -2.65. The molecule has 17 heavy (non-hydrogen) atoms. The van der Waals surface area contributed by atoms with Crippen molar-refractivity contribution in [2.45, 2.75) is 12.5 Å². The largest absolute Gasteiger partial charge is 0.480 e. The molecule has 0 radical (unpaired) electrons. The number of nitrogens with one attached hydrogen (secondary N) is 1. The molecule has 100 valence electrons. The molecule has 2 amide bonds. The highest BCUT2D eigenvalue weighted by Gasteiger charge is 2.23. The van der Waals surface area contributed by atoms with Crippen LogP contribution in [0.25, 0.3) is 0 Å². The molecule has 0 aromatic rings. The number of aliphatic hydroxyl groups excluding tert-OH is 2. The van der Waals surface area contributed by atoms with Crippen molar-refractivity contribution in [1.82, 2.24) is 10.2 Å². The second-order valence-corrected chi connectivity index (χ2v) is 3.08. The fraction of sp³-hybridized carbons (Fsp3) is 0.750. The van der Waals surface area contributed by atoms with Crippen molar-refractivity contribution in [3.63, 3.8) is 0 Å². The van der Waals surface area contributed by atoms with Gasteiger partial charge in [0, 0.05) is 6.54 Å². The zero-order valence-electron chi connectivity index (χ0n) is 8.84. The zero-order valence-corrected chi connectivity index (χ0v) is 8.84. The summed E-state index contributed by atoms with van der Waals surface area (Å²) in [7, 11) is 0. The van der Waals surface area contributed by atoms with E-state index in [-0.39, 0.29) is 6.54 Å². The third kappa shape index (κ3) is 5.97. The fourth-order valence-electron chi connectivity index (χ4n) is 0.989. The molecule has 0 aromatic carbocycles. The highest BCUT2D eigenvalue weighted by atomic mass is 19.3. The van der Waals surface area contributed by atoms with Crippen molar-refractivity contribution < 1.29 is 33.7 Å². The Kier molecular flexibility index (Phi) is 7.06. The van der Waals surface area contributed by atoms with Gasteiger partial charge in [-0.25, -0.2) is 18.4 Å². The number of carbonyl (C=O) groups is 2. The molecule has 0 aliphatic carbocycles. The van der Waals surface area contributed by atoms with Crippen LogP contribution in [0.15, 0.2) is 0 Å². The molecule has 0 saturated heterocycles. The number of rotatable bonds is 7. The van der Waals surface area contributed by atoms with Crippen LogP contribution in [0.1, 0.15) is 0 Å². The Morgan fingerprint density at radius 1 is 1.29 bits per heavy atom. The summed E-state index contributed by atoms with van der Waals surface area (Å²) in [6.45, 7) is -2.67. The van der Waals surface area contributed by atoms with Crippen LogP contribution in [0.2, 0.25) is 0 Å². The van der Waals surface area contributed by atoms with Crippen molar-refractivity contribution in [2.24, 2.45) is 0 Å². The second-order valence-electron chi connectivity index (χ2n) is 3.08. The molecular formula is C8H14F2N2O5. The summed E-state index contributed by atoms with van der Waals surface area (Å²) in [5.41, 5.74) is 0. The maximum absolute atomic E-state index is 12.1. The Labute approximate surface area is 95.6 Å². The number of nitrogens with zero attached hydrogens (tertiary/aromatic N) is 1. The molecule has 0 rings (SSSR count). The quantitative estimate of drug-likeness (QED) is 0.452. The van der Waals surface area contributed by atoms with Crippen molar-refractivity contribution >= 4 is 12.0 Å². The minimum Gasteiger partial charge on any atom is -0.480 e. The SMILES string of the molecule is O=C(O)[C@H](CO)NC(=O)N(CCO)CC(F)F. The van der Waals surface area contributed by atoms with E-state index in [2.05, 4.69) is 0 Å². The van der Waals surface area contributed by atoms with Gasteiger partial charge in [-0.1, -0.05) is 0 Å². The Balaban J connectivity index is 4.44. The number of amides is 2. The highest BCUT2D eigenvalue weighted by Crippen LogP contribution is 1.99. The normalized spacial score (nSPS) is 12.3. The van der Waals surface area contributed by atoms with Gasteiger partial charge in [-0.3, -0.25) is 0 Å². The van der Waals surface area contributed by atoms with E-state index in [1.807, 2.05) is 5.32 Å². The molecule has 0 fully saturated rings. The minimum absolute atomic E-state index is 0.353. The van der Waals surface area contributed by atoms with E-state index < -0.39 is 44.2 Å². The topological polar surface area (TPSA) is 110 Å². The third-order valence-corrected chi connectivity index (χ3v) is 1.79. The average molecular weight is 256 g/mol. The molecule has 0 bridgehead atoms. The molecule has 0 aliphatic heterocycles. The van der Waals surface area contributed by atoms with Crippen LogP contribution in [0.5, 0.6) is 0 Å². The summed E-state index contributed by atoms with van der Waals surface area (Å²) in [5.74, 6) is -1.48. The summed E-state index contributed by atoms with van der Waals surface area (Å²) < 4.78 is 24.2. The Morgan fingerprint density at radius 2 is 1.88 bits per heavy atom. The summed E-state index contributed by atoms with van der Waals surface area (Å²) in [5, 5.41) is 27.6. The Hall–Kier alpha value is -1.48. The van der Waals surface area contributed by atoms with Crippen LogP contribution < -0.4 is 5.32 Å². The monoisotopic (exact) mass is 256 g/mol. The minimum atomic E-state index is -2.80. The number of halogens is 2. The van der Waals surface area contributed by atoms with E-state index in [1.54, 1.807) is 0 Å². The van der Waals surface area contributed by atoms with E-state index in [1.165, 1.54) is 0 Å². The summed E-state index contributed by atoms with van der Waals surface area (Å²) >= 11 is 0. The van der Waals surface area contributed by atoms with E-state index in [0.29, 0.717) is 4.90 Å². The Morgan fingerprint density at radius 3 is 2.24 bits per heavy atom. The number of carbonyl (C=O) groups excluding carboxylic acids is 1. The molecule has 0 saturated carbocycles. The van der Waals surface area contributed by atoms with E-state index in [0.717, 1.165) is 0 Å². The number of aliphatic carboxylic acids is 1. The van der Waals surface area contributed by atoms with Crippen LogP contribution in [-0.4, -0.2) is 71.0 Å². The van der Waals surface area contributed by atoms with E-state index in [4.69, 9.17) is 15.3 Å². The van der Waals surface area contributed by atoms with Crippen LogP contribution in [0.3, 0.4) is 0 Å². The average Bonchev–Trinajstić information content (AvgIpc) is 2.23. The van der Waals surface area contributed by atoms with Crippen molar-refractivity contribution in [2.75, 3.05) is 26.3 Å². The predicted octanol–water partition coefficient (Wildman–Crippen LogP) is -1.30. The number of urea groups is 1. The number of aliphatic hydroxyl groups is 2. The molecule has 9 heteroatoms. The first-order valence-electron chi connectivity index (χ1n) is 4.70. The lowest BCUT2D eigenvalue weighted by molar-refractivity contribution is -0.140. The van der Waals surface area contributed by atoms with E-state index in [9.17, 15) is 18.4 Å². The lowest BCUT2D eigenvalue weighted by Gasteiger charge is -2.23. The molecule has 1 atom stereocenters. The standard InChI is InChI=1S/C8H14F2N2O5/c9-6(10)3-12(1-2-13)8(17)11-5(4-14)7(15)16/h5-6,13-14H,1-4H2,(H,11,17)(H,15,16)/t5-/m0/s1. The molecule has 0 heterocycles. The first-order valence-corrected chi connectivity index (χ1v) is 4.70.